The molecule has 0 saturated heterocycles. The van der Waals surface area contributed by atoms with Gasteiger partial charge in [-0.2, -0.15) is 0 Å². The zero-order valence-electron chi connectivity index (χ0n) is 8.59. The van der Waals surface area contributed by atoms with E-state index in [-0.39, 0.29) is 17.3 Å². The molecule has 2 N–H and O–H groups in total. The van der Waals surface area contributed by atoms with Crippen LogP contribution in [-0.2, 0) is 0 Å². The number of aromatic hydroxyl groups is 1. The Morgan fingerprint density at radius 2 is 2.00 bits per heavy atom. The molecule has 1 heterocycles. The number of rotatable bonds is 2. The summed E-state index contributed by atoms with van der Waals surface area (Å²) in [5.74, 6) is -0.504. The Kier molecular flexibility index (Phi) is 3.20. The average Bonchev–Trinajstić information content (AvgIpc) is 2.33. The molecule has 0 aliphatic rings. The Hall–Kier alpha value is -2.14. The highest BCUT2D eigenvalue weighted by Crippen LogP contribution is 2.21. The van der Waals surface area contributed by atoms with E-state index in [2.05, 4.69) is 15.3 Å². The first-order valence-corrected chi connectivity index (χ1v) is 5.11. The third-order valence-corrected chi connectivity index (χ3v) is 2.23. The number of halogens is 1. The minimum Gasteiger partial charge on any atom is -0.507 e. The minimum atomic E-state index is -0.517. The van der Waals surface area contributed by atoms with Crippen molar-refractivity contribution in [2.45, 2.75) is 0 Å². The lowest BCUT2D eigenvalue weighted by Crippen LogP contribution is -2.14. The fourth-order valence-corrected chi connectivity index (χ4v) is 1.39. The molecule has 0 fully saturated rings. The van der Waals surface area contributed by atoms with Gasteiger partial charge >= 0.3 is 0 Å². The molecule has 0 aliphatic carbocycles. The Bertz CT molecular complexity index is 546. The standard InChI is InChI=1S/C11H8ClN3O2/c12-7-2-3-9(16)8(6-7)10(17)15-11-13-4-1-5-14-11/h1-6,16H,(H,13,14,15,17). The summed E-state index contributed by atoms with van der Waals surface area (Å²) in [4.78, 5) is 19.5. The Morgan fingerprint density at radius 1 is 1.29 bits per heavy atom. The van der Waals surface area contributed by atoms with Gasteiger partial charge in [0.25, 0.3) is 5.91 Å². The van der Waals surface area contributed by atoms with Crippen molar-refractivity contribution in [1.82, 2.24) is 9.97 Å². The number of amides is 1. The van der Waals surface area contributed by atoms with Gasteiger partial charge in [-0.25, -0.2) is 9.97 Å². The summed E-state index contributed by atoms with van der Waals surface area (Å²) in [6, 6.07) is 5.84. The van der Waals surface area contributed by atoms with Gasteiger partial charge in [0.2, 0.25) is 5.95 Å². The number of phenols is 1. The zero-order chi connectivity index (χ0) is 12.3. The van der Waals surface area contributed by atoms with E-state index >= 15 is 0 Å². The van der Waals surface area contributed by atoms with Gasteiger partial charge in [-0.1, -0.05) is 11.6 Å². The number of nitrogens with one attached hydrogen (secondary N) is 1. The summed E-state index contributed by atoms with van der Waals surface area (Å²) in [6.45, 7) is 0. The molecule has 1 amide bonds. The van der Waals surface area contributed by atoms with Gasteiger partial charge in [-0.05, 0) is 24.3 Å². The normalized spacial score (nSPS) is 9.94. The second-order valence-corrected chi connectivity index (χ2v) is 3.62. The molecule has 2 rings (SSSR count). The predicted octanol–water partition coefficient (Wildman–Crippen LogP) is 2.09. The van der Waals surface area contributed by atoms with Crippen LogP contribution in [0.4, 0.5) is 5.95 Å². The van der Waals surface area contributed by atoms with E-state index in [1.807, 2.05) is 0 Å². The summed E-state index contributed by atoms with van der Waals surface area (Å²) in [7, 11) is 0. The number of aromatic nitrogens is 2. The molecule has 6 heteroatoms. The van der Waals surface area contributed by atoms with Crippen LogP contribution < -0.4 is 5.32 Å². The lowest BCUT2D eigenvalue weighted by atomic mass is 10.2. The van der Waals surface area contributed by atoms with Crippen LogP contribution in [-0.4, -0.2) is 21.0 Å². The van der Waals surface area contributed by atoms with Gasteiger partial charge in [0.05, 0.1) is 5.56 Å². The van der Waals surface area contributed by atoms with Crippen LogP contribution in [0.15, 0.2) is 36.7 Å². The van der Waals surface area contributed by atoms with Crippen LogP contribution in [0.2, 0.25) is 5.02 Å². The van der Waals surface area contributed by atoms with E-state index in [0.717, 1.165) is 0 Å². The lowest BCUT2D eigenvalue weighted by molar-refractivity contribution is 0.102. The number of hydrogen-bond donors (Lipinski definition) is 2. The van der Waals surface area contributed by atoms with Gasteiger partial charge in [-0.3, -0.25) is 10.1 Å². The van der Waals surface area contributed by atoms with Crippen LogP contribution >= 0.6 is 11.6 Å². The van der Waals surface area contributed by atoms with Crippen molar-refractivity contribution in [2.75, 3.05) is 5.32 Å². The Balaban J connectivity index is 2.23. The number of benzene rings is 1. The first-order chi connectivity index (χ1) is 8.16. The largest absolute Gasteiger partial charge is 0.507 e. The van der Waals surface area contributed by atoms with Crippen molar-refractivity contribution in [3.8, 4) is 5.75 Å². The average molecular weight is 250 g/mol. The van der Waals surface area contributed by atoms with Crippen molar-refractivity contribution < 1.29 is 9.90 Å². The summed E-state index contributed by atoms with van der Waals surface area (Å²) in [5, 5.41) is 12.3. The molecule has 86 valence electrons. The molecule has 2 aromatic rings. The highest BCUT2D eigenvalue weighted by Gasteiger charge is 2.12. The number of carbonyl (C=O) groups is 1. The first kappa shape index (κ1) is 11.3. The molecule has 0 atom stereocenters. The highest BCUT2D eigenvalue weighted by molar-refractivity contribution is 6.31. The van der Waals surface area contributed by atoms with Crippen LogP contribution in [0.3, 0.4) is 0 Å². The van der Waals surface area contributed by atoms with Gasteiger partial charge in [0, 0.05) is 17.4 Å². The molecule has 5 nitrogen and oxygen atoms in total. The topological polar surface area (TPSA) is 75.1 Å². The number of hydrogen-bond acceptors (Lipinski definition) is 4. The summed E-state index contributed by atoms with van der Waals surface area (Å²) >= 11 is 5.74. The van der Waals surface area contributed by atoms with E-state index in [1.54, 1.807) is 6.07 Å². The van der Waals surface area contributed by atoms with Crippen molar-refractivity contribution in [3.05, 3.63) is 47.2 Å². The number of phenolic OH excluding ortho intramolecular Hbond substituents is 1. The Morgan fingerprint density at radius 3 is 2.71 bits per heavy atom. The third kappa shape index (κ3) is 2.70. The summed E-state index contributed by atoms with van der Waals surface area (Å²) < 4.78 is 0. The van der Waals surface area contributed by atoms with Crippen molar-refractivity contribution in [2.24, 2.45) is 0 Å². The van der Waals surface area contributed by atoms with Crippen LogP contribution in [0.1, 0.15) is 10.4 Å². The molecule has 0 spiro atoms. The van der Waals surface area contributed by atoms with Gasteiger partial charge in [0.15, 0.2) is 0 Å². The van der Waals surface area contributed by atoms with Crippen molar-refractivity contribution in [3.63, 3.8) is 0 Å². The van der Waals surface area contributed by atoms with E-state index in [1.165, 1.54) is 30.6 Å². The molecular weight excluding hydrogens is 242 g/mol. The third-order valence-electron chi connectivity index (χ3n) is 1.99. The molecule has 0 aliphatic heterocycles. The fraction of sp³-hybridized carbons (Fsp3) is 0. The first-order valence-electron chi connectivity index (χ1n) is 4.74. The molecule has 1 aromatic carbocycles. The van der Waals surface area contributed by atoms with E-state index in [9.17, 15) is 9.90 Å². The maximum atomic E-state index is 11.8. The van der Waals surface area contributed by atoms with Gasteiger partial charge in [-0.15, -0.1) is 0 Å². The smallest absolute Gasteiger partial charge is 0.261 e. The second kappa shape index (κ2) is 4.80. The molecule has 0 bridgehead atoms. The van der Waals surface area contributed by atoms with E-state index in [0.29, 0.717) is 5.02 Å². The van der Waals surface area contributed by atoms with Gasteiger partial charge in [0.1, 0.15) is 5.75 Å². The lowest BCUT2D eigenvalue weighted by Gasteiger charge is -2.05. The van der Waals surface area contributed by atoms with Crippen LogP contribution in [0, 0.1) is 0 Å². The predicted molar refractivity (Wildman–Crippen MR) is 63.1 cm³/mol. The molecule has 0 radical (unpaired) electrons. The molecule has 0 saturated carbocycles. The second-order valence-electron chi connectivity index (χ2n) is 3.19. The number of carbonyl (C=O) groups excluding carboxylic acids is 1. The minimum absolute atomic E-state index is 0.0740. The Labute approximate surface area is 102 Å². The number of nitrogens with zero attached hydrogens (tertiary/aromatic N) is 2. The number of anilines is 1. The maximum Gasteiger partial charge on any atom is 0.261 e. The van der Waals surface area contributed by atoms with E-state index < -0.39 is 5.91 Å². The maximum absolute atomic E-state index is 11.8. The van der Waals surface area contributed by atoms with Crippen molar-refractivity contribution in [1.29, 1.82) is 0 Å². The monoisotopic (exact) mass is 249 g/mol. The summed E-state index contributed by atoms with van der Waals surface area (Å²) in [5.41, 5.74) is 0.0740. The molecule has 17 heavy (non-hydrogen) atoms. The zero-order valence-corrected chi connectivity index (χ0v) is 9.35. The quantitative estimate of drug-likeness (QED) is 0.855. The van der Waals surface area contributed by atoms with Gasteiger partial charge < -0.3 is 5.11 Å². The van der Waals surface area contributed by atoms with Crippen LogP contribution in [0.25, 0.3) is 0 Å². The highest BCUT2D eigenvalue weighted by atomic mass is 35.5. The van der Waals surface area contributed by atoms with Crippen molar-refractivity contribution >= 4 is 23.5 Å². The van der Waals surface area contributed by atoms with E-state index in [4.69, 9.17) is 11.6 Å². The molecule has 1 aromatic heterocycles. The summed E-state index contributed by atoms with van der Waals surface area (Å²) in [6.07, 6.45) is 3.00. The molecular formula is C11H8ClN3O2. The SMILES string of the molecule is O=C(Nc1ncccn1)c1cc(Cl)ccc1O. The fourth-order valence-electron chi connectivity index (χ4n) is 1.22. The van der Waals surface area contributed by atoms with Crippen LogP contribution in [0.5, 0.6) is 5.75 Å². The molecule has 0 unspecified atom stereocenters.